The number of nitrogens with one attached hydrogen (secondary N) is 1. The molecule has 1 amide bonds. The first-order valence-corrected chi connectivity index (χ1v) is 8.79. The van der Waals surface area contributed by atoms with Gasteiger partial charge in [-0.25, -0.2) is 4.98 Å². The lowest BCUT2D eigenvalue weighted by Crippen LogP contribution is -2.36. The van der Waals surface area contributed by atoms with Gasteiger partial charge in [0.15, 0.2) is 5.13 Å². The van der Waals surface area contributed by atoms with Gasteiger partial charge in [-0.3, -0.25) is 4.79 Å². The molecular formula is C16H16ClN3O2S. The molecule has 2 aliphatic heterocycles. The monoisotopic (exact) mass is 349 g/mol. The number of thiazole rings is 1. The first-order valence-electron chi connectivity index (χ1n) is 7.60. The normalized spacial score (nSPS) is 21.0. The van der Waals surface area contributed by atoms with Gasteiger partial charge in [0.1, 0.15) is 5.82 Å². The second kappa shape index (κ2) is 6.11. The van der Waals surface area contributed by atoms with Crippen molar-refractivity contribution in [2.45, 2.75) is 12.3 Å². The van der Waals surface area contributed by atoms with Gasteiger partial charge in [0, 0.05) is 30.5 Å². The molecule has 4 rings (SSSR count). The molecule has 1 atom stereocenters. The summed E-state index contributed by atoms with van der Waals surface area (Å²) in [5.74, 6) is 0.638. The van der Waals surface area contributed by atoms with E-state index in [0.717, 1.165) is 28.7 Å². The van der Waals surface area contributed by atoms with E-state index in [1.165, 1.54) is 0 Å². The lowest BCUT2D eigenvalue weighted by atomic mass is 9.91. The summed E-state index contributed by atoms with van der Waals surface area (Å²) >= 11 is 7.99. The third kappa shape index (κ3) is 2.82. The Labute approximate surface area is 143 Å². The van der Waals surface area contributed by atoms with E-state index in [-0.39, 0.29) is 11.8 Å². The highest BCUT2D eigenvalue weighted by atomic mass is 35.5. The van der Waals surface area contributed by atoms with E-state index in [1.807, 2.05) is 24.3 Å². The number of rotatable bonds is 2. The van der Waals surface area contributed by atoms with Crippen LogP contribution in [0.3, 0.4) is 0 Å². The summed E-state index contributed by atoms with van der Waals surface area (Å²) in [6.07, 6.45) is 0.404. The molecule has 0 bridgehead atoms. The molecule has 1 aromatic carbocycles. The van der Waals surface area contributed by atoms with Crippen molar-refractivity contribution in [1.82, 2.24) is 4.98 Å². The summed E-state index contributed by atoms with van der Waals surface area (Å²) in [7, 11) is 0. The van der Waals surface area contributed by atoms with Crippen LogP contribution in [-0.4, -0.2) is 37.2 Å². The topological polar surface area (TPSA) is 54.5 Å². The molecule has 1 N–H and O–H groups in total. The van der Waals surface area contributed by atoms with E-state index in [4.69, 9.17) is 16.3 Å². The molecule has 0 spiro atoms. The van der Waals surface area contributed by atoms with Crippen LogP contribution in [-0.2, 0) is 9.53 Å². The number of benzene rings is 1. The van der Waals surface area contributed by atoms with Crippen molar-refractivity contribution in [3.63, 3.8) is 0 Å². The zero-order valence-corrected chi connectivity index (χ0v) is 14.0. The second-order valence-electron chi connectivity index (χ2n) is 5.64. The molecule has 2 aromatic rings. The number of halogens is 1. The third-order valence-electron chi connectivity index (χ3n) is 4.17. The number of carbonyl (C=O) groups is 1. The highest BCUT2D eigenvalue weighted by molar-refractivity contribution is 7.16. The molecule has 0 saturated carbocycles. The molecule has 120 valence electrons. The van der Waals surface area contributed by atoms with Crippen molar-refractivity contribution >= 4 is 39.8 Å². The van der Waals surface area contributed by atoms with Gasteiger partial charge in [-0.2, -0.15) is 0 Å². The number of nitrogens with zero attached hydrogens (tertiary/aromatic N) is 2. The first-order chi connectivity index (χ1) is 11.2. The number of amides is 1. The standard InChI is InChI=1S/C16H16ClN3O2S/c17-12-4-2-1-3-10(12)11-9-13(21)18-15-14(11)23-16(19-15)20-5-7-22-8-6-20/h1-4,11H,5-9H2,(H,18,21)/t11-/m0/s1. The maximum Gasteiger partial charge on any atom is 0.226 e. The minimum Gasteiger partial charge on any atom is -0.378 e. The molecule has 1 fully saturated rings. The average Bonchev–Trinajstić information content (AvgIpc) is 2.99. The summed E-state index contributed by atoms with van der Waals surface area (Å²) in [5, 5.41) is 4.53. The fraction of sp³-hybridized carbons (Fsp3) is 0.375. The predicted octanol–water partition coefficient (Wildman–Crippen LogP) is 3.11. The van der Waals surface area contributed by atoms with Gasteiger partial charge in [-0.1, -0.05) is 41.1 Å². The van der Waals surface area contributed by atoms with Crippen molar-refractivity contribution in [2.24, 2.45) is 0 Å². The van der Waals surface area contributed by atoms with Gasteiger partial charge in [-0.05, 0) is 11.6 Å². The number of hydrogen-bond donors (Lipinski definition) is 1. The first kappa shape index (κ1) is 14.9. The van der Waals surface area contributed by atoms with Gasteiger partial charge in [-0.15, -0.1) is 0 Å². The molecule has 0 aliphatic carbocycles. The summed E-state index contributed by atoms with van der Waals surface area (Å²) in [6, 6.07) is 7.72. The number of morpholine rings is 1. The van der Waals surface area contributed by atoms with Crippen molar-refractivity contribution in [1.29, 1.82) is 0 Å². The van der Waals surface area contributed by atoms with Gasteiger partial charge in [0.2, 0.25) is 5.91 Å². The minimum absolute atomic E-state index is 0.0127. The zero-order valence-electron chi connectivity index (χ0n) is 12.4. The van der Waals surface area contributed by atoms with Gasteiger partial charge in [0.05, 0.1) is 18.1 Å². The maximum absolute atomic E-state index is 12.1. The van der Waals surface area contributed by atoms with Crippen LogP contribution in [0.1, 0.15) is 22.8 Å². The van der Waals surface area contributed by atoms with Crippen LogP contribution < -0.4 is 10.2 Å². The Balaban J connectivity index is 1.73. The summed E-state index contributed by atoms with van der Waals surface area (Å²) in [4.78, 5) is 20.0. The van der Waals surface area contributed by atoms with E-state index in [1.54, 1.807) is 11.3 Å². The van der Waals surface area contributed by atoms with Crippen LogP contribution in [0.4, 0.5) is 10.9 Å². The molecule has 23 heavy (non-hydrogen) atoms. The SMILES string of the molecule is O=C1C[C@@H](c2ccccc2Cl)c2sc(N3CCOCC3)nc2N1. The van der Waals surface area contributed by atoms with Crippen LogP contribution in [0.2, 0.25) is 5.02 Å². The van der Waals surface area contributed by atoms with E-state index in [2.05, 4.69) is 15.2 Å². The predicted molar refractivity (Wildman–Crippen MR) is 91.7 cm³/mol. The van der Waals surface area contributed by atoms with Crippen LogP contribution in [0.25, 0.3) is 0 Å². The maximum atomic E-state index is 12.1. The Hall–Kier alpha value is -1.63. The number of carbonyl (C=O) groups excluding carboxylic acids is 1. The molecule has 0 unspecified atom stereocenters. The van der Waals surface area contributed by atoms with Crippen LogP contribution in [0, 0.1) is 0 Å². The lowest BCUT2D eigenvalue weighted by molar-refractivity contribution is -0.116. The number of fused-ring (bicyclic) bond motifs is 1. The van der Waals surface area contributed by atoms with Crippen molar-refractivity contribution in [3.8, 4) is 0 Å². The summed E-state index contributed by atoms with van der Waals surface area (Å²) in [6.45, 7) is 3.09. The van der Waals surface area contributed by atoms with Gasteiger partial charge in [0.25, 0.3) is 0 Å². The Kier molecular flexibility index (Phi) is 3.97. The second-order valence-corrected chi connectivity index (χ2v) is 7.05. The third-order valence-corrected chi connectivity index (χ3v) is 5.74. The fourth-order valence-corrected chi connectivity index (χ4v) is 4.46. The van der Waals surface area contributed by atoms with Crippen molar-refractivity contribution in [3.05, 3.63) is 39.7 Å². The minimum atomic E-state index is -0.0280. The average molecular weight is 350 g/mol. The molecule has 5 nitrogen and oxygen atoms in total. The molecule has 2 aliphatic rings. The lowest BCUT2D eigenvalue weighted by Gasteiger charge is -2.26. The fourth-order valence-electron chi connectivity index (χ4n) is 3.01. The summed E-state index contributed by atoms with van der Waals surface area (Å²) in [5.41, 5.74) is 0.988. The molecule has 1 saturated heterocycles. The van der Waals surface area contributed by atoms with Crippen LogP contribution in [0.15, 0.2) is 24.3 Å². The smallest absolute Gasteiger partial charge is 0.226 e. The zero-order chi connectivity index (χ0) is 15.8. The number of anilines is 2. The van der Waals surface area contributed by atoms with E-state index >= 15 is 0 Å². The molecule has 0 radical (unpaired) electrons. The van der Waals surface area contributed by atoms with Crippen molar-refractivity contribution < 1.29 is 9.53 Å². The Morgan fingerprint density at radius 1 is 1.30 bits per heavy atom. The van der Waals surface area contributed by atoms with E-state index in [9.17, 15) is 4.79 Å². The number of hydrogen-bond acceptors (Lipinski definition) is 5. The summed E-state index contributed by atoms with van der Waals surface area (Å²) < 4.78 is 5.39. The van der Waals surface area contributed by atoms with Crippen LogP contribution in [0.5, 0.6) is 0 Å². The molecule has 7 heteroatoms. The largest absolute Gasteiger partial charge is 0.378 e. The number of ether oxygens (including phenoxy) is 1. The van der Waals surface area contributed by atoms with Gasteiger partial charge < -0.3 is 15.0 Å². The van der Waals surface area contributed by atoms with E-state index in [0.29, 0.717) is 30.5 Å². The van der Waals surface area contributed by atoms with E-state index < -0.39 is 0 Å². The quantitative estimate of drug-likeness (QED) is 0.905. The molecular weight excluding hydrogens is 334 g/mol. The number of aromatic nitrogens is 1. The Morgan fingerprint density at radius 2 is 2.09 bits per heavy atom. The molecule has 3 heterocycles. The Morgan fingerprint density at radius 3 is 2.87 bits per heavy atom. The molecule has 1 aromatic heterocycles. The highest BCUT2D eigenvalue weighted by Gasteiger charge is 2.32. The van der Waals surface area contributed by atoms with Gasteiger partial charge >= 0.3 is 0 Å². The Bertz CT molecular complexity index is 743. The van der Waals surface area contributed by atoms with Crippen LogP contribution >= 0.6 is 22.9 Å². The highest BCUT2D eigenvalue weighted by Crippen LogP contribution is 2.44. The van der Waals surface area contributed by atoms with Crippen molar-refractivity contribution in [2.75, 3.05) is 36.5 Å².